The average molecular weight is 401 g/mol. The van der Waals surface area contributed by atoms with Gasteiger partial charge in [-0.15, -0.1) is 11.3 Å². The molecule has 1 saturated heterocycles. The lowest BCUT2D eigenvalue weighted by Crippen LogP contribution is -2.48. The predicted octanol–water partition coefficient (Wildman–Crippen LogP) is 3.28. The Bertz CT molecular complexity index is 960. The monoisotopic (exact) mass is 400 g/mol. The van der Waals surface area contributed by atoms with Crippen molar-refractivity contribution in [1.29, 1.82) is 0 Å². The molecular formula is C18H17ClN6OS. The Morgan fingerprint density at radius 1 is 1.11 bits per heavy atom. The van der Waals surface area contributed by atoms with Gasteiger partial charge < -0.3 is 10.2 Å². The lowest BCUT2D eigenvalue weighted by atomic mass is 10.2. The van der Waals surface area contributed by atoms with Gasteiger partial charge >= 0.3 is 0 Å². The van der Waals surface area contributed by atoms with Crippen LogP contribution >= 0.6 is 22.9 Å². The minimum absolute atomic E-state index is 0.0859. The third kappa shape index (κ3) is 4.08. The van der Waals surface area contributed by atoms with Gasteiger partial charge in [-0.2, -0.15) is 0 Å². The van der Waals surface area contributed by atoms with Crippen LogP contribution in [-0.2, 0) is 4.79 Å². The van der Waals surface area contributed by atoms with Crippen molar-refractivity contribution in [2.45, 2.75) is 0 Å². The van der Waals surface area contributed by atoms with Crippen molar-refractivity contribution in [3.05, 3.63) is 47.1 Å². The Balaban J connectivity index is 1.48. The molecule has 4 rings (SSSR count). The number of carbonyl (C=O) groups excluding carboxylic acids is 1. The molecule has 138 valence electrons. The molecule has 0 spiro atoms. The summed E-state index contributed by atoms with van der Waals surface area (Å²) in [5.74, 6) is 1.40. The average Bonchev–Trinajstić information content (AvgIpc) is 3.09. The number of thiazole rings is 1. The molecule has 0 aromatic carbocycles. The van der Waals surface area contributed by atoms with E-state index in [-0.39, 0.29) is 5.91 Å². The van der Waals surface area contributed by atoms with E-state index in [9.17, 15) is 4.79 Å². The van der Waals surface area contributed by atoms with Crippen LogP contribution in [0.2, 0.25) is 4.34 Å². The van der Waals surface area contributed by atoms with E-state index in [0.29, 0.717) is 29.1 Å². The molecule has 0 bridgehead atoms. The van der Waals surface area contributed by atoms with Crippen molar-refractivity contribution in [2.24, 2.45) is 0 Å². The van der Waals surface area contributed by atoms with Gasteiger partial charge in [-0.25, -0.2) is 15.0 Å². The molecular weight excluding hydrogens is 384 g/mol. The number of hydrogen-bond donors (Lipinski definition) is 1. The zero-order chi connectivity index (χ0) is 18.8. The molecule has 1 aliphatic heterocycles. The first-order valence-electron chi connectivity index (χ1n) is 8.39. The van der Waals surface area contributed by atoms with Crippen LogP contribution in [-0.4, -0.2) is 52.4 Å². The molecule has 7 nitrogen and oxygen atoms in total. The number of likely N-dealkylation sites (N-methyl/N-ethyl adjacent to an activating group) is 1. The first kappa shape index (κ1) is 17.8. The quantitative estimate of drug-likeness (QED) is 0.724. The number of anilines is 3. The minimum Gasteiger partial charge on any atom is -0.325 e. The Hall–Kier alpha value is -2.55. The van der Waals surface area contributed by atoms with E-state index in [4.69, 9.17) is 11.6 Å². The van der Waals surface area contributed by atoms with Gasteiger partial charge in [0.1, 0.15) is 26.7 Å². The zero-order valence-electron chi connectivity index (χ0n) is 14.6. The highest BCUT2D eigenvalue weighted by atomic mass is 35.5. The third-order valence-electron chi connectivity index (χ3n) is 4.17. The van der Waals surface area contributed by atoms with E-state index in [2.05, 4.69) is 20.3 Å². The number of aromatic nitrogens is 3. The van der Waals surface area contributed by atoms with Crippen molar-refractivity contribution >= 4 is 46.2 Å². The highest BCUT2D eigenvalue weighted by molar-refractivity contribution is 7.18. The van der Waals surface area contributed by atoms with Crippen LogP contribution in [0.1, 0.15) is 0 Å². The fourth-order valence-corrected chi connectivity index (χ4v) is 3.69. The maximum absolute atomic E-state index is 12.2. The molecule has 0 unspecified atom stereocenters. The van der Waals surface area contributed by atoms with Gasteiger partial charge in [0.2, 0.25) is 5.91 Å². The van der Waals surface area contributed by atoms with Crippen molar-refractivity contribution in [3.8, 4) is 10.7 Å². The second-order valence-electron chi connectivity index (χ2n) is 6.19. The summed E-state index contributed by atoms with van der Waals surface area (Å²) in [6, 6.07) is 9.38. The second-order valence-corrected chi connectivity index (χ2v) is 7.85. The molecule has 4 heterocycles. The normalized spacial score (nSPS) is 15.2. The molecule has 1 aliphatic rings. The van der Waals surface area contributed by atoms with Crippen molar-refractivity contribution in [3.63, 3.8) is 0 Å². The molecule has 1 amide bonds. The van der Waals surface area contributed by atoms with E-state index in [0.717, 1.165) is 22.9 Å². The highest BCUT2D eigenvalue weighted by Gasteiger charge is 2.22. The van der Waals surface area contributed by atoms with Gasteiger partial charge in [-0.1, -0.05) is 17.7 Å². The second kappa shape index (κ2) is 7.59. The number of nitrogens with zero attached hydrogens (tertiary/aromatic N) is 5. The number of nitrogens with one attached hydrogen (secondary N) is 1. The number of piperazine rings is 1. The van der Waals surface area contributed by atoms with Crippen molar-refractivity contribution in [2.75, 3.05) is 36.9 Å². The number of halogens is 1. The molecule has 0 radical (unpaired) electrons. The van der Waals surface area contributed by atoms with Crippen LogP contribution in [0.15, 0.2) is 42.7 Å². The summed E-state index contributed by atoms with van der Waals surface area (Å²) in [6.45, 7) is 1.95. The molecule has 0 atom stereocenters. The number of pyridine rings is 2. The summed E-state index contributed by atoms with van der Waals surface area (Å²) in [6.07, 6.45) is 3.32. The predicted molar refractivity (Wildman–Crippen MR) is 108 cm³/mol. The summed E-state index contributed by atoms with van der Waals surface area (Å²) >= 11 is 7.33. The fourth-order valence-electron chi connectivity index (χ4n) is 2.81. The standard InChI is InChI=1S/C18H17ClN6OS/c1-24-7-8-25(17(26)11-24)12-5-6-15(20-9-12)23-16-4-2-3-13(22-16)18-21-10-14(19)27-18/h2-6,9-10H,7-8,11H2,1H3,(H,20,22,23). The first-order chi connectivity index (χ1) is 13.1. The summed E-state index contributed by atoms with van der Waals surface area (Å²) < 4.78 is 0.626. The first-order valence-corrected chi connectivity index (χ1v) is 9.59. The van der Waals surface area contributed by atoms with Gasteiger partial charge in [-0.05, 0) is 31.3 Å². The lowest BCUT2D eigenvalue weighted by Gasteiger charge is -2.31. The van der Waals surface area contributed by atoms with E-state index in [1.165, 1.54) is 11.3 Å². The topological polar surface area (TPSA) is 74.2 Å². The Morgan fingerprint density at radius 2 is 2.00 bits per heavy atom. The van der Waals surface area contributed by atoms with Gasteiger partial charge in [-0.3, -0.25) is 9.69 Å². The fraction of sp³-hybridized carbons (Fsp3) is 0.222. The van der Waals surface area contributed by atoms with Crippen LogP contribution < -0.4 is 10.2 Å². The molecule has 3 aromatic heterocycles. The number of rotatable bonds is 4. The van der Waals surface area contributed by atoms with Crippen molar-refractivity contribution in [1.82, 2.24) is 19.9 Å². The molecule has 27 heavy (non-hydrogen) atoms. The Morgan fingerprint density at radius 3 is 2.70 bits per heavy atom. The third-order valence-corrected chi connectivity index (χ3v) is 5.31. The van der Waals surface area contributed by atoms with Crippen LogP contribution in [0.3, 0.4) is 0 Å². The molecule has 0 aliphatic carbocycles. The summed E-state index contributed by atoms with van der Waals surface area (Å²) in [5.41, 5.74) is 1.55. The van der Waals surface area contributed by atoms with Gasteiger partial charge in [0.15, 0.2) is 0 Å². The largest absolute Gasteiger partial charge is 0.325 e. The Kier molecular flexibility index (Phi) is 5.02. The van der Waals surface area contributed by atoms with Crippen LogP contribution in [0.5, 0.6) is 0 Å². The lowest BCUT2D eigenvalue weighted by molar-refractivity contribution is -0.120. The zero-order valence-corrected chi connectivity index (χ0v) is 16.2. The molecule has 0 saturated carbocycles. The minimum atomic E-state index is 0.0859. The van der Waals surface area contributed by atoms with Crippen LogP contribution in [0.4, 0.5) is 17.3 Å². The summed E-state index contributed by atoms with van der Waals surface area (Å²) in [7, 11) is 1.95. The van der Waals surface area contributed by atoms with E-state index in [1.807, 2.05) is 42.3 Å². The van der Waals surface area contributed by atoms with Crippen LogP contribution in [0.25, 0.3) is 10.7 Å². The number of hydrogen-bond acceptors (Lipinski definition) is 7. The van der Waals surface area contributed by atoms with E-state index >= 15 is 0 Å². The number of amides is 1. The molecule has 1 N–H and O–H groups in total. The van der Waals surface area contributed by atoms with E-state index < -0.39 is 0 Å². The SMILES string of the molecule is CN1CCN(c2ccc(Nc3cccc(-c4ncc(Cl)s4)n3)nc2)C(=O)C1. The van der Waals surface area contributed by atoms with Crippen LogP contribution in [0, 0.1) is 0 Å². The summed E-state index contributed by atoms with van der Waals surface area (Å²) in [4.78, 5) is 29.2. The van der Waals surface area contributed by atoms with E-state index in [1.54, 1.807) is 17.3 Å². The highest BCUT2D eigenvalue weighted by Crippen LogP contribution is 2.28. The van der Waals surface area contributed by atoms with Gasteiger partial charge in [0, 0.05) is 13.1 Å². The molecule has 1 fully saturated rings. The smallest absolute Gasteiger partial charge is 0.241 e. The number of carbonyl (C=O) groups is 1. The maximum atomic E-state index is 12.2. The van der Waals surface area contributed by atoms with Gasteiger partial charge in [0.25, 0.3) is 0 Å². The molecule has 3 aromatic rings. The maximum Gasteiger partial charge on any atom is 0.241 e. The molecule has 9 heteroatoms. The summed E-state index contributed by atoms with van der Waals surface area (Å²) in [5, 5.41) is 3.94. The van der Waals surface area contributed by atoms with Crippen molar-refractivity contribution < 1.29 is 4.79 Å². The van der Waals surface area contributed by atoms with Gasteiger partial charge in [0.05, 0.1) is 24.6 Å². The Labute approximate surface area is 165 Å².